The first kappa shape index (κ1) is 14.3. The SMILES string of the molecule is CCc1nc(-c2c(Cl)cccc2OC)nc(N)c1I. The van der Waals surface area contributed by atoms with Gasteiger partial charge < -0.3 is 10.5 Å². The average molecular weight is 390 g/mol. The molecule has 0 radical (unpaired) electrons. The lowest BCUT2D eigenvalue weighted by atomic mass is 10.1. The molecular formula is C13H13ClIN3O. The minimum atomic E-state index is 0.462. The fourth-order valence-corrected chi connectivity index (χ4v) is 2.62. The summed E-state index contributed by atoms with van der Waals surface area (Å²) >= 11 is 8.38. The first-order chi connectivity index (χ1) is 9.08. The number of aromatic nitrogens is 2. The second kappa shape index (κ2) is 5.92. The third-order valence-electron chi connectivity index (χ3n) is 2.70. The predicted octanol–water partition coefficient (Wildman–Crippen LogP) is 3.55. The van der Waals surface area contributed by atoms with Crippen LogP contribution in [0.2, 0.25) is 5.02 Å². The van der Waals surface area contributed by atoms with Gasteiger partial charge in [0.05, 0.1) is 27.0 Å². The number of nitrogen functional groups attached to an aromatic ring is 1. The van der Waals surface area contributed by atoms with Crippen LogP contribution in [0.25, 0.3) is 11.4 Å². The monoisotopic (exact) mass is 389 g/mol. The van der Waals surface area contributed by atoms with Gasteiger partial charge in [0.1, 0.15) is 11.6 Å². The van der Waals surface area contributed by atoms with Crippen LogP contribution in [0, 0.1) is 3.57 Å². The molecule has 4 nitrogen and oxygen atoms in total. The number of hydrogen-bond donors (Lipinski definition) is 1. The maximum Gasteiger partial charge on any atom is 0.167 e. The van der Waals surface area contributed by atoms with Crippen LogP contribution in [0.1, 0.15) is 12.6 Å². The van der Waals surface area contributed by atoms with Crippen molar-refractivity contribution in [1.29, 1.82) is 0 Å². The van der Waals surface area contributed by atoms with Crippen LogP contribution in [0.3, 0.4) is 0 Å². The number of benzene rings is 1. The maximum absolute atomic E-state index is 6.23. The Morgan fingerprint density at radius 1 is 1.37 bits per heavy atom. The summed E-state index contributed by atoms with van der Waals surface area (Å²) in [6.07, 6.45) is 0.783. The van der Waals surface area contributed by atoms with Crippen molar-refractivity contribution in [3.05, 3.63) is 32.5 Å². The van der Waals surface area contributed by atoms with Gasteiger partial charge in [-0.15, -0.1) is 0 Å². The number of methoxy groups -OCH3 is 1. The molecule has 0 fully saturated rings. The number of hydrogen-bond acceptors (Lipinski definition) is 4. The zero-order valence-corrected chi connectivity index (χ0v) is 13.5. The Balaban J connectivity index is 2.69. The van der Waals surface area contributed by atoms with E-state index in [-0.39, 0.29) is 0 Å². The molecule has 1 aromatic heterocycles. The van der Waals surface area contributed by atoms with Crippen molar-refractivity contribution < 1.29 is 4.74 Å². The van der Waals surface area contributed by atoms with Crippen LogP contribution < -0.4 is 10.5 Å². The summed E-state index contributed by atoms with van der Waals surface area (Å²) in [5.74, 6) is 1.59. The third kappa shape index (κ3) is 2.76. The van der Waals surface area contributed by atoms with Crippen molar-refractivity contribution in [3.8, 4) is 17.1 Å². The molecule has 0 bridgehead atoms. The van der Waals surface area contributed by atoms with Gasteiger partial charge >= 0.3 is 0 Å². The van der Waals surface area contributed by atoms with E-state index in [0.29, 0.717) is 28.0 Å². The van der Waals surface area contributed by atoms with E-state index in [9.17, 15) is 0 Å². The van der Waals surface area contributed by atoms with Gasteiger partial charge in [0, 0.05) is 0 Å². The summed E-state index contributed by atoms with van der Waals surface area (Å²) in [6.45, 7) is 2.03. The molecule has 2 aromatic rings. The Hall–Kier alpha value is -1.08. The van der Waals surface area contributed by atoms with Gasteiger partial charge in [-0.2, -0.15) is 0 Å². The highest BCUT2D eigenvalue weighted by atomic mass is 127. The molecule has 1 aromatic carbocycles. The smallest absolute Gasteiger partial charge is 0.167 e. The first-order valence-electron chi connectivity index (χ1n) is 5.73. The van der Waals surface area contributed by atoms with Gasteiger partial charge in [-0.1, -0.05) is 24.6 Å². The van der Waals surface area contributed by atoms with Gasteiger partial charge in [-0.3, -0.25) is 0 Å². The fraction of sp³-hybridized carbons (Fsp3) is 0.231. The Labute approximate surface area is 130 Å². The van der Waals surface area contributed by atoms with Crippen molar-refractivity contribution in [1.82, 2.24) is 9.97 Å². The van der Waals surface area contributed by atoms with Crippen molar-refractivity contribution in [2.24, 2.45) is 0 Å². The Morgan fingerprint density at radius 2 is 2.11 bits per heavy atom. The second-order valence-electron chi connectivity index (χ2n) is 3.86. The Bertz CT molecular complexity index is 619. The minimum absolute atomic E-state index is 0.462. The zero-order valence-electron chi connectivity index (χ0n) is 10.6. The molecule has 2 N–H and O–H groups in total. The summed E-state index contributed by atoms with van der Waals surface area (Å²) in [6, 6.07) is 5.42. The van der Waals surface area contributed by atoms with Gasteiger partial charge in [0.15, 0.2) is 5.82 Å². The van der Waals surface area contributed by atoms with Gasteiger partial charge in [0.2, 0.25) is 0 Å². The molecule has 0 saturated carbocycles. The van der Waals surface area contributed by atoms with Crippen LogP contribution >= 0.6 is 34.2 Å². The molecule has 0 aliphatic rings. The van der Waals surface area contributed by atoms with Crippen LogP contribution in [0.4, 0.5) is 5.82 Å². The van der Waals surface area contributed by atoms with E-state index < -0.39 is 0 Å². The largest absolute Gasteiger partial charge is 0.496 e. The Kier molecular flexibility index (Phi) is 4.46. The molecule has 0 spiro atoms. The number of nitrogens with zero attached hydrogens (tertiary/aromatic N) is 2. The number of aryl methyl sites for hydroxylation is 1. The number of nitrogens with two attached hydrogens (primary N) is 1. The summed E-state index contributed by atoms with van der Waals surface area (Å²) in [5, 5.41) is 0.544. The van der Waals surface area contributed by atoms with Crippen LogP contribution in [-0.2, 0) is 6.42 Å². The molecule has 0 saturated heterocycles. The molecule has 1 heterocycles. The van der Waals surface area contributed by atoms with E-state index in [4.69, 9.17) is 22.1 Å². The van der Waals surface area contributed by atoms with Gasteiger partial charge in [0.25, 0.3) is 0 Å². The summed E-state index contributed by atoms with van der Waals surface area (Å²) in [4.78, 5) is 8.84. The average Bonchev–Trinajstić information content (AvgIpc) is 2.41. The first-order valence-corrected chi connectivity index (χ1v) is 7.18. The second-order valence-corrected chi connectivity index (χ2v) is 5.35. The quantitative estimate of drug-likeness (QED) is 0.816. The molecule has 0 atom stereocenters. The van der Waals surface area contributed by atoms with E-state index in [1.54, 1.807) is 13.2 Å². The van der Waals surface area contributed by atoms with E-state index in [2.05, 4.69) is 32.6 Å². The van der Waals surface area contributed by atoms with Crippen LogP contribution in [-0.4, -0.2) is 17.1 Å². The summed E-state index contributed by atoms with van der Waals surface area (Å²) in [7, 11) is 1.59. The lowest BCUT2D eigenvalue weighted by Gasteiger charge is -2.12. The summed E-state index contributed by atoms with van der Waals surface area (Å²) in [5.41, 5.74) is 7.51. The van der Waals surface area contributed by atoms with Gasteiger partial charge in [-0.05, 0) is 41.1 Å². The number of rotatable bonds is 3. The number of halogens is 2. The molecule has 19 heavy (non-hydrogen) atoms. The van der Waals surface area contributed by atoms with Crippen molar-refractivity contribution in [2.75, 3.05) is 12.8 Å². The highest BCUT2D eigenvalue weighted by Gasteiger charge is 2.16. The lowest BCUT2D eigenvalue weighted by Crippen LogP contribution is -2.05. The molecule has 0 aliphatic heterocycles. The van der Waals surface area contributed by atoms with Gasteiger partial charge in [-0.25, -0.2) is 9.97 Å². The molecule has 6 heteroatoms. The molecule has 0 unspecified atom stereocenters. The minimum Gasteiger partial charge on any atom is -0.496 e. The highest BCUT2D eigenvalue weighted by Crippen LogP contribution is 2.35. The van der Waals surface area contributed by atoms with Crippen molar-refractivity contribution >= 4 is 40.0 Å². The van der Waals surface area contributed by atoms with E-state index in [0.717, 1.165) is 15.7 Å². The third-order valence-corrected chi connectivity index (χ3v) is 4.19. The summed E-state index contributed by atoms with van der Waals surface area (Å²) < 4.78 is 6.20. The van der Waals surface area contributed by atoms with Crippen LogP contribution in [0.15, 0.2) is 18.2 Å². The normalized spacial score (nSPS) is 10.5. The standard InChI is InChI=1S/C13H13ClIN3O/c1-3-8-11(15)12(16)18-13(17-8)10-7(14)5-4-6-9(10)19-2/h4-6H,3H2,1-2H3,(H2,16,17,18). The molecule has 0 amide bonds. The molecule has 2 rings (SSSR count). The van der Waals surface area contributed by atoms with E-state index in [1.807, 2.05) is 19.1 Å². The molecular weight excluding hydrogens is 377 g/mol. The fourth-order valence-electron chi connectivity index (χ4n) is 1.75. The van der Waals surface area contributed by atoms with E-state index in [1.165, 1.54) is 0 Å². The maximum atomic E-state index is 6.23. The van der Waals surface area contributed by atoms with Crippen molar-refractivity contribution in [3.63, 3.8) is 0 Å². The number of ether oxygens (including phenoxy) is 1. The molecule has 100 valence electrons. The van der Waals surface area contributed by atoms with Crippen LogP contribution in [0.5, 0.6) is 5.75 Å². The van der Waals surface area contributed by atoms with E-state index >= 15 is 0 Å². The zero-order chi connectivity index (χ0) is 14.0. The highest BCUT2D eigenvalue weighted by molar-refractivity contribution is 14.1. The predicted molar refractivity (Wildman–Crippen MR) is 85.5 cm³/mol. The van der Waals surface area contributed by atoms with Crippen molar-refractivity contribution in [2.45, 2.75) is 13.3 Å². The lowest BCUT2D eigenvalue weighted by molar-refractivity contribution is 0.416. The number of anilines is 1. The topological polar surface area (TPSA) is 61.0 Å². The Morgan fingerprint density at radius 3 is 2.74 bits per heavy atom. The molecule has 0 aliphatic carbocycles.